The van der Waals surface area contributed by atoms with Gasteiger partial charge < -0.3 is 5.32 Å². The van der Waals surface area contributed by atoms with Crippen LogP contribution in [0.2, 0.25) is 0 Å². The Morgan fingerprint density at radius 3 is 2.56 bits per heavy atom. The summed E-state index contributed by atoms with van der Waals surface area (Å²) in [6.07, 6.45) is 5.55. The van der Waals surface area contributed by atoms with E-state index in [-0.39, 0.29) is 0 Å². The third-order valence-corrected chi connectivity index (χ3v) is 4.47. The molecule has 2 rings (SSSR count). The van der Waals surface area contributed by atoms with Gasteiger partial charge >= 0.3 is 0 Å². The van der Waals surface area contributed by atoms with Crippen molar-refractivity contribution in [3.63, 3.8) is 0 Å². The van der Waals surface area contributed by atoms with Crippen molar-refractivity contribution in [3.8, 4) is 0 Å². The van der Waals surface area contributed by atoms with Gasteiger partial charge in [-0.2, -0.15) is 0 Å². The van der Waals surface area contributed by atoms with Crippen molar-refractivity contribution in [2.75, 3.05) is 19.6 Å². The first kappa shape index (κ1) is 12.4. The maximum absolute atomic E-state index is 3.59. The van der Waals surface area contributed by atoms with Crippen molar-refractivity contribution in [1.29, 1.82) is 0 Å². The molecule has 4 atom stereocenters. The summed E-state index contributed by atoms with van der Waals surface area (Å²) in [4.78, 5) is 2.78. The second kappa shape index (κ2) is 5.50. The van der Waals surface area contributed by atoms with E-state index in [1.807, 2.05) is 0 Å². The Kier molecular flexibility index (Phi) is 4.26. The lowest BCUT2D eigenvalue weighted by atomic mass is 9.78. The van der Waals surface area contributed by atoms with Crippen LogP contribution in [0.15, 0.2) is 0 Å². The molecule has 2 fully saturated rings. The Bertz CT molecular complexity index is 217. The van der Waals surface area contributed by atoms with Gasteiger partial charge in [0.2, 0.25) is 0 Å². The molecule has 1 saturated heterocycles. The molecule has 0 radical (unpaired) electrons. The summed E-state index contributed by atoms with van der Waals surface area (Å²) < 4.78 is 0. The van der Waals surface area contributed by atoms with Gasteiger partial charge in [0.15, 0.2) is 0 Å². The van der Waals surface area contributed by atoms with E-state index in [1.54, 1.807) is 0 Å². The van der Waals surface area contributed by atoms with Crippen molar-refractivity contribution in [2.24, 2.45) is 11.8 Å². The summed E-state index contributed by atoms with van der Waals surface area (Å²) >= 11 is 0. The van der Waals surface area contributed by atoms with Crippen LogP contribution in [0.25, 0.3) is 0 Å². The average molecular weight is 224 g/mol. The van der Waals surface area contributed by atoms with E-state index in [2.05, 4.69) is 31.0 Å². The second-order valence-corrected chi connectivity index (χ2v) is 6.00. The molecule has 0 bridgehead atoms. The van der Waals surface area contributed by atoms with Gasteiger partial charge in [-0.15, -0.1) is 0 Å². The summed E-state index contributed by atoms with van der Waals surface area (Å²) in [5.41, 5.74) is 0. The molecule has 0 amide bonds. The third kappa shape index (κ3) is 2.60. The highest BCUT2D eigenvalue weighted by Crippen LogP contribution is 2.37. The van der Waals surface area contributed by atoms with Crippen LogP contribution in [0, 0.1) is 11.8 Å². The molecular weight excluding hydrogens is 196 g/mol. The SMILES string of the molecule is CCCNCC1CCC1N1CC(C)CC1C. The molecule has 1 aliphatic heterocycles. The lowest BCUT2D eigenvalue weighted by Gasteiger charge is -2.45. The zero-order valence-electron chi connectivity index (χ0n) is 11.2. The molecule has 1 heterocycles. The maximum atomic E-state index is 3.59. The van der Waals surface area contributed by atoms with Gasteiger partial charge in [0, 0.05) is 18.6 Å². The predicted octanol–water partition coefficient (Wildman–Crippen LogP) is 2.49. The standard InChI is InChI=1S/C14H28N2/c1-4-7-15-9-13-5-6-14(13)16-10-11(2)8-12(16)3/h11-15H,4-10H2,1-3H3. The summed E-state index contributed by atoms with van der Waals surface area (Å²) in [7, 11) is 0. The summed E-state index contributed by atoms with van der Waals surface area (Å²) in [6.45, 7) is 10.8. The highest BCUT2D eigenvalue weighted by molar-refractivity contribution is 4.95. The molecule has 2 aliphatic rings. The number of nitrogens with one attached hydrogen (secondary N) is 1. The van der Waals surface area contributed by atoms with Crippen LogP contribution in [-0.4, -0.2) is 36.6 Å². The summed E-state index contributed by atoms with van der Waals surface area (Å²) in [5, 5.41) is 3.59. The smallest absolute Gasteiger partial charge is 0.0139 e. The Balaban J connectivity index is 1.77. The van der Waals surface area contributed by atoms with Gasteiger partial charge in [0.1, 0.15) is 0 Å². The van der Waals surface area contributed by atoms with Gasteiger partial charge in [-0.1, -0.05) is 13.8 Å². The van der Waals surface area contributed by atoms with Crippen LogP contribution in [0.3, 0.4) is 0 Å². The van der Waals surface area contributed by atoms with Crippen molar-refractivity contribution in [1.82, 2.24) is 10.2 Å². The minimum atomic E-state index is 0.828. The first-order valence-electron chi connectivity index (χ1n) is 7.18. The molecule has 4 unspecified atom stereocenters. The largest absolute Gasteiger partial charge is 0.316 e. The summed E-state index contributed by atoms with van der Waals surface area (Å²) in [6, 6.07) is 1.72. The quantitative estimate of drug-likeness (QED) is 0.722. The molecule has 16 heavy (non-hydrogen) atoms. The van der Waals surface area contributed by atoms with Crippen LogP contribution in [0.1, 0.15) is 46.5 Å². The Labute approximate surface area is 101 Å². The predicted molar refractivity (Wildman–Crippen MR) is 69.6 cm³/mol. The van der Waals surface area contributed by atoms with Crippen molar-refractivity contribution < 1.29 is 0 Å². The molecule has 2 heteroatoms. The molecule has 1 aliphatic carbocycles. The maximum Gasteiger partial charge on any atom is 0.0139 e. The molecule has 1 N–H and O–H groups in total. The molecule has 2 nitrogen and oxygen atoms in total. The van der Waals surface area contributed by atoms with Crippen molar-refractivity contribution >= 4 is 0 Å². The highest BCUT2D eigenvalue weighted by atomic mass is 15.2. The number of hydrogen-bond acceptors (Lipinski definition) is 2. The molecule has 94 valence electrons. The number of rotatable bonds is 5. The Morgan fingerprint density at radius 2 is 2.06 bits per heavy atom. The topological polar surface area (TPSA) is 15.3 Å². The van der Waals surface area contributed by atoms with Crippen molar-refractivity contribution in [3.05, 3.63) is 0 Å². The number of likely N-dealkylation sites (tertiary alicyclic amines) is 1. The fraction of sp³-hybridized carbons (Fsp3) is 1.00. The second-order valence-electron chi connectivity index (χ2n) is 6.00. The van der Waals surface area contributed by atoms with E-state index in [9.17, 15) is 0 Å². The number of nitrogens with zero attached hydrogens (tertiary/aromatic N) is 1. The van der Waals surface area contributed by atoms with E-state index < -0.39 is 0 Å². The van der Waals surface area contributed by atoms with Crippen LogP contribution in [-0.2, 0) is 0 Å². The molecular formula is C14H28N2. The fourth-order valence-corrected chi connectivity index (χ4v) is 3.48. The molecule has 0 spiro atoms. The highest BCUT2D eigenvalue weighted by Gasteiger charge is 2.40. The number of hydrogen-bond donors (Lipinski definition) is 1. The lowest BCUT2D eigenvalue weighted by molar-refractivity contribution is 0.0552. The van der Waals surface area contributed by atoms with Gasteiger partial charge in [-0.05, 0) is 57.5 Å². The molecule has 0 aromatic heterocycles. The van der Waals surface area contributed by atoms with Crippen LogP contribution in [0.4, 0.5) is 0 Å². The van der Waals surface area contributed by atoms with Gasteiger partial charge in [0.05, 0.1) is 0 Å². The lowest BCUT2D eigenvalue weighted by Crippen LogP contribution is -2.51. The average Bonchev–Trinajstić information content (AvgIpc) is 2.51. The van der Waals surface area contributed by atoms with E-state index in [1.165, 1.54) is 45.3 Å². The minimum Gasteiger partial charge on any atom is -0.316 e. The first-order valence-corrected chi connectivity index (χ1v) is 7.18. The molecule has 0 aromatic rings. The zero-order valence-corrected chi connectivity index (χ0v) is 11.2. The van der Waals surface area contributed by atoms with Crippen LogP contribution < -0.4 is 5.32 Å². The Morgan fingerprint density at radius 1 is 1.25 bits per heavy atom. The van der Waals surface area contributed by atoms with E-state index in [0.717, 1.165) is 23.9 Å². The summed E-state index contributed by atoms with van der Waals surface area (Å²) in [5.74, 6) is 1.85. The van der Waals surface area contributed by atoms with Crippen LogP contribution in [0.5, 0.6) is 0 Å². The zero-order chi connectivity index (χ0) is 11.5. The van der Waals surface area contributed by atoms with Gasteiger partial charge in [-0.3, -0.25) is 4.90 Å². The fourth-order valence-electron chi connectivity index (χ4n) is 3.48. The Hall–Kier alpha value is -0.0800. The van der Waals surface area contributed by atoms with Gasteiger partial charge in [-0.25, -0.2) is 0 Å². The van der Waals surface area contributed by atoms with E-state index >= 15 is 0 Å². The van der Waals surface area contributed by atoms with Gasteiger partial charge in [0.25, 0.3) is 0 Å². The monoisotopic (exact) mass is 224 g/mol. The third-order valence-electron chi connectivity index (χ3n) is 4.47. The minimum absolute atomic E-state index is 0.828. The normalized spacial score (nSPS) is 39.9. The molecule has 0 aromatic carbocycles. The van der Waals surface area contributed by atoms with Crippen molar-refractivity contribution in [2.45, 2.75) is 58.5 Å². The van der Waals surface area contributed by atoms with Crippen LogP contribution >= 0.6 is 0 Å². The first-order chi connectivity index (χ1) is 7.72. The van der Waals surface area contributed by atoms with E-state index in [0.29, 0.717) is 0 Å². The van der Waals surface area contributed by atoms with E-state index in [4.69, 9.17) is 0 Å². The molecule has 1 saturated carbocycles.